The van der Waals surface area contributed by atoms with E-state index in [1.54, 1.807) is 0 Å². The first-order chi connectivity index (χ1) is 13.5. The summed E-state index contributed by atoms with van der Waals surface area (Å²) in [6.07, 6.45) is 5.23. The molecule has 1 saturated heterocycles. The number of piperidine rings is 1. The van der Waals surface area contributed by atoms with Crippen LogP contribution in [0, 0.1) is 17.8 Å². The van der Waals surface area contributed by atoms with E-state index in [-0.39, 0.29) is 17.7 Å². The summed E-state index contributed by atoms with van der Waals surface area (Å²) in [5.74, 6) is 1.57. The van der Waals surface area contributed by atoms with E-state index in [0.29, 0.717) is 31.0 Å². The maximum atomic E-state index is 12.5. The number of carbonyl (C=O) groups excluding carboxylic acids is 2. The topological polar surface area (TPSA) is 61.4 Å². The highest BCUT2D eigenvalue weighted by molar-refractivity contribution is 5.79. The first-order valence-corrected chi connectivity index (χ1v) is 10.9. The van der Waals surface area contributed by atoms with Gasteiger partial charge in [-0.25, -0.2) is 0 Å². The Kier molecular flexibility index (Phi) is 7.49. The number of benzene rings is 1. The molecule has 2 fully saturated rings. The number of hydrogen-bond donors (Lipinski definition) is 2. The molecule has 2 aliphatic rings. The molecule has 3 rings (SSSR count). The zero-order valence-corrected chi connectivity index (χ0v) is 17.3. The largest absolute Gasteiger partial charge is 0.352 e. The quantitative estimate of drug-likeness (QED) is 0.791. The summed E-state index contributed by atoms with van der Waals surface area (Å²) in [5.41, 5.74) is 1.12. The minimum Gasteiger partial charge on any atom is -0.352 e. The predicted octanol–water partition coefficient (Wildman–Crippen LogP) is 2.96. The SMILES string of the molecule is CC1CCCC(NC(=O)CN2CCC(C(=O)NCc3ccccc3)CC2)C1C. The highest BCUT2D eigenvalue weighted by atomic mass is 16.2. The molecule has 0 bridgehead atoms. The summed E-state index contributed by atoms with van der Waals surface area (Å²) >= 11 is 0. The second kappa shape index (κ2) is 10.1. The van der Waals surface area contributed by atoms with Crippen molar-refractivity contribution in [2.45, 2.75) is 58.5 Å². The fourth-order valence-electron chi connectivity index (χ4n) is 4.52. The molecule has 3 atom stereocenters. The van der Waals surface area contributed by atoms with Gasteiger partial charge in [0.2, 0.25) is 11.8 Å². The van der Waals surface area contributed by atoms with Crippen molar-refractivity contribution in [3.05, 3.63) is 35.9 Å². The van der Waals surface area contributed by atoms with Crippen LogP contribution in [0.5, 0.6) is 0 Å². The summed E-state index contributed by atoms with van der Waals surface area (Å²) in [6.45, 7) is 7.21. The number of likely N-dealkylation sites (tertiary alicyclic amines) is 1. The maximum absolute atomic E-state index is 12.5. The van der Waals surface area contributed by atoms with Crippen molar-refractivity contribution < 1.29 is 9.59 Å². The van der Waals surface area contributed by atoms with Gasteiger partial charge in [-0.2, -0.15) is 0 Å². The minimum atomic E-state index is 0.0576. The average Bonchev–Trinajstić information content (AvgIpc) is 2.71. The molecule has 1 aromatic rings. The molecule has 5 nitrogen and oxygen atoms in total. The average molecular weight is 386 g/mol. The van der Waals surface area contributed by atoms with Crippen LogP contribution in [-0.2, 0) is 16.1 Å². The summed E-state index contributed by atoms with van der Waals surface area (Å²) in [7, 11) is 0. The molecular formula is C23H35N3O2. The molecule has 3 unspecified atom stereocenters. The molecule has 154 valence electrons. The van der Waals surface area contributed by atoms with E-state index in [2.05, 4.69) is 29.4 Å². The normalized spacial score (nSPS) is 26.6. The Bertz CT molecular complexity index is 641. The van der Waals surface area contributed by atoms with Gasteiger partial charge in [0.1, 0.15) is 0 Å². The van der Waals surface area contributed by atoms with Gasteiger partial charge >= 0.3 is 0 Å². The van der Waals surface area contributed by atoms with Gasteiger partial charge in [-0.15, -0.1) is 0 Å². The van der Waals surface area contributed by atoms with Crippen molar-refractivity contribution in [1.29, 1.82) is 0 Å². The van der Waals surface area contributed by atoms with Gasteiger partial charge < -0.3 is 10.6 Å². The van der Waals surface area contributed by atoms with Gasteiger partial charge in [-0.3, -0.25) is 14.5 Å². The number of hydrogen-bond acceptors (Lipinski definition) is 3. The number of amides is 2. The molecule has 0 spiro atoms. The van der Waals surface area contributed by atoms with Gasteiger partial charge in [-0.05, 0) is 49.8 Å². The fourth-order valence-corrected chi connectivity index (χ4v) is 4.52. The zero-order chi connectivity index (χ0) is 19.9. The van der Waals surface area contributed by atoms with Gasteiger partial charge in [0.15, 0.2) is 0 Å². The van der Waals surface area contributed by atoms with E-state index < -0.39 is 0 Å². The minimum absolute atomic E-state index is 0.0576. The van der Waals surface area contributed by atoms with Gasteiger partial charge in [0, 0.05) is 18.5 Å². The first kappa shape index (κ1) is 20.8. The number of nitrogens with one attached hydrogen (secondary N) is 2. The Balaban J connectivity index is 1.36. The van der Waals surface area contributed by atoms with Crippen molar-refractivity contribution in [2.24, 2.45) is 17.8 Å². The predicted molar refractivity (Wildman–Crippen MR) is 112 cm³/mol. The molecular weight excluding hydrogens is 350 g/mol. The van der Waals surface area contributed by atoms with Crippen LogP contribution in [0.25, 0.3) is 0 Å². The smallest absolute Gasteiger partial charge is 0.234 e. The Hall–Kier alpha value is -1.88. The van der Waals surface area contributed by atoms with Crippen molar-refractivity contribution in [3.8, 4) is 0 Å². The number of carbonyl (C=O) groups is 2. The van der Waals surface area contributed by atoms with Crippen molar-refractivity contribution >= 4 is 11.8 Å². The third-order valence-electron chi connectivity index (χ3n) is 6.69. The van der Waals surface area contributed by atoms with E-state index in [1.807, 2.05) is 30.3 Å². The summed E-state index contributed by atoms with van der Waals surface area (Å²) in [6, 6.07) is 10.3. The Morgan fingerprint density at radius 2 is 1.75 bits per heavy atom. The lowest BCUT2D eigenvalue weighted by atomic mass is 9.78. The lowest BCUT2D eigenvalue weighted by Crippen LogP contribution is -2.49. The van der Waals surface area contributed by atoms with Crippen LogP contribution < -0.4 is 10.6 Å². The number of nitrogens with zero attached hydrogens (tertiary/aromatic N) is 1. The third kappa shape index (κ3) is 5.81. The molecule has 1 aliphatic carbocycles. The number of rotatable bonds is 6. The van der Waals surface area contributed by atoms with E-state index in [4.69, 9.17) is 0 Å². The van der Waals surface area contributed by atoms with Gasteiger partial charge in [0.25, 0.3) is 0 Å². The second-order valence-corrected chi connectivity index (χ2v) is 8.70. The summed E-state index contributed by atoms with van der Waals surface area (Å²) in [5, 5.41) is 6.31. The summed E-state index contributed by atoms with van der Waals surface area (Å²) < 4.78 is 0. The lowest BCUT2D eigenvalue weighted by molar-refractivity contribution is -0.127. The zero-order valence-electron chi connectivity index (χ0n) is 17.3. The van der Waals surface area contributed by atoms with E-state index >= 15 is 0 Å². The molecule has 0 aromatic heterocycles. The van der Waals surface area contributed by atoms with Crippen molar-refractivity contribution in [3.63, 3.8) is 0 Å². The van der Waals surface area contributed by atoms with E-state index in [9.17, 15) is 9.59 Å². The summed E-state index contributed by atoms with van der Waals surface area (Å²) in [4.78, 5) is 27.1. The molecule has 28 heavy (non-hydrogen) atoms. The van der Waals surface area contributed by atoms with Gasteiger partial charge in [0.05, 0.1) is 6.54 Å². The van der Waals surface area contributed by atoms with E-state index in [0.717, 1.165) is 37.9 Å². The highest BCUT2D eigenvalue weighted by Crippen LogP contribution is 2.29. The molecule has 1 aromatic carbocycles. The van der Waals surface area contributed by atoms with Crippen LogP contribution in [0.15, 0.2) is 30.3 Å². The lowest BCUT2D eigenvalue weighted by Gasteiger charge is -2.36. The molecule has 5 heteroatoms. The van der Waals surface area contributed by atoms with Crippen LogP contribution >= 0.6 is 0 Å². The van der Waals surface area contributed by atoms with Crippen LogP contribution in [0.2, 0.25) is 0 Å². The Morgan fingerprint density at radius 1 is 1.04 bits per heavy atom. The maximum Gasteiger partial charge on any atom is 0.234 e. The standard InChI is InChI=1S/C23H35N3O2/c1-17-7-6-10-21(18(17)2)25-22(27)16-26-13-11-20(12-14-26)23(28)24-15-19-8-4-3-5-9-19/h3-5,8-9,17-18,20-21H,6-7,10-16H2,1-2H3,(H,24,28)(H,25,27). The van der Waals surface area contributed by atoms with Crippen LogP contribution in [0.3, 0.4) is 0 Å². The molecule has 0 radical (unpaired) electrons. The molecule has 1 aliphatic heterocycles. The molecule has 1 heterocycles. The fraction of sp³-hybridized carbons (Fsp3) is 0.652. The van der Waals surface area contributed by atoms with E-state index in [1.165, 1.54) is 12.8 Å². The molecule has 2 amide bonds. The first-order valence-electron chi connectivity index (χ1n) is 10.9. The Morgan fingerprint density at radius 3 is 2.46 bits per heavy atom. The third-order valence-corrected chi connectivity index (χ3v) is 6.69. The highest BCUT2D eigenvalue weighted by Gasteiger charge is 2.30. The van der Waals surface area contributed by atoms with Crippen LogP contribution in [-0.4, -0.2) is 42.4 Å². The van der Waals surface area contributed by atoms with Gasteiger partial charge in [-0.1, -0.05) is 57.0 Å². The second-order valence-electron chi connectivity index (χ2n) is 8.70. The Labute approximate surface area is 169 Å². The van der Waals surface area contributed by atoms with Crippen molar-refractivity contribution in [1.82, 2.24) is 15.5 Å². The monoisotopic (exact) mass is 385 g/mol. The molecule has 2 N–H and O–H groups in total. The molecule has 1 saturated carbocycles. The van der Waals surface area contributed by atoms with Crippen molar-refractivity contribution in [2.75, 3.05) is 19.6 Å². The van der Waals surface area contributed by atoms with Crippen LogP contribution in [0.1, 0.15) is 51.5 Å². The van der Waals surface area contributed by atoms with Crippen LogP contribution in [0.4, 0.5) is 0 Å².